The Bertz CT molecular complexity index is 882. The minimum absolute atomic E-state index is 0.0570. The summed E-state index contributed by atoms with van der Waals surface area (Å²) in [7, 11) is 1.37. The molecule has 1 aromatic carbocycles. The first-order valence-electron chi connectivity index (χ1n) is 10.1. The van der Waals surface area contributed by atoms with Gasteiger partial charge in [-0.1, -0.05) is 12.1 Å². The molecule has 3 rings (SSSR count). The molecule has 1 fully saturated rings. The van der Waals surface area contributed by atoms with Crippen LogP contribution < -0.4 is 15.1 Å². The lowest BCUT2D eigenvalue weighted by molar-refractivity contribution is -1.02. The zero-order chi connectivity index (χ0) is 21.0. The van der Waals surface area contributed by atoms with Crippen LogP contribution in [0.3, 0.4) is 0 Å². The Morgan fingerprint density at radius 1 is 1.10 bits per heavy atom. The van der Waals surface area contributed by atoms with Crippen LogP contribution in [0, 0.1) is 20.8 Å². The molecule has 29 heavy (non-hydrogen) atoms. The largest absolute Gasteiger partial charge is 0.465 e. The number of carbonyl (C=O) groups excluding carboxylic acids is 2. The average Bonchev–Trinajstić information content (AvgIpc) is 3.06. The van der Waals surface area contributed by atoms with Gasteiger partial charge in [0.05, 0.1) is 7.11 Å². The minimum atomic E-state index is -0.364. The first-order chi connectivity index (χ1) is 13.9. The van der Waals surface area contributed by atoms with Crippen LogP contribution in [-0.2, 0) is 16.1 Å². The van der Waals surface area contributed by atoms with Crippen LogP contribution in [0.4, 0.5) is 5.69 Å². The van der Waals surface area contributed by atoms with Gasteiger partial charge in [-0.3, -0.25) is 4.79 Å². The van der Waals surface area contributed by atoms with Crippen molar-refractivity contribution < 1.29 is 28.5 Å². The van der Waals surface area contributed by atoms with Gasteiger partial charge in [0.1, 0.15) is 44.0 Å². The second kappa shape index (κ2) is 9.24. The van der Waals surface area contributed by atoms with Crippen molar-refractivity contribution >= 4 is 17.6 Å². The predicted octanol–water partition coefficient (Wildman–Crippen LogP) is -0.0864. The Morgan fingerprint density at radius 2 is 1.79 bits per heavy atom. The van der Waals surface area contributed by atoms with Gasteiger partial charge in [-0.25, -0.2) is 4.79 Å². The van der Waals surface area contributed by atoms with E-state index in [1.807, 2.05) is 32.0 Å². The van der Waals surface area contributed by atoms with Gasteiger partial charge in [0.15, 0.2) is 12.3 Å². The maximum Gasteiger partial charge on any atom is 0.341 e. The monoisotopic (exact) mass is 401 g/mol. The molecule has 7 heteroatoms. The number of methoxy groups -OCH3 is 1. The first-order valence-corrected chi connectivity index (χ1v) is 10.1. The Morgan fingerprint density at radius 3 is 2.48 bits per heavy atom. The quantitative estimate of drug-likeness (QED) is 0.592. The number of aryl methyl sites for hydroxylation is 2. The summed E-state index contributed by atoms with van der Waals surface area (Å²) >= 11 is 0. The highest BCUT2D eigenvalue weighted by Gasteiger charge is 2.26. The number of quaternary nitrogens is 2. The van der Waals surface area contributed by atoms with E-state index in [9.17, 15) is 9.59 Å². The molecular weight excluding hydrogens is 370 g/mol. The van der Waals surface area contributed by atoms with E-state index in [0.29, 0.717) is 17.9 Å². The minimum Gasteiger partial charge on any atom is -0.465 e. The number of benzene rings is 1. The SMILES string of the molecule is COC(=O)c1cc(C[NH+]2CC[NH+](CC(=O)Nc3cccc(C)c3C)CC2)oc1C. The fourth-order valence-corrected chi connectivity index (χ4v) is 3.81. The molecule has 0 radical (unpaired) electrons. The summed E-state index contributed by atoms with van der Waals surface area (Å²) in [5, 5.41) is 3.05. The molecule has 156 valence electrons. The number of anilines is 1. The molecule has 3 N–H and O–H groups in total. The summed E-state index contributed by atoms with van der Waals surface area (Å²) in [6.45, 7) is 10.8. The van der Waals surface area contributed by atoms with Crippen molar-refractivity contribution in [3.8, 4) is 0 Å². The highest BCUT2D eigenvalue weighted by atomic mass is 16.5. The summed E-state index contributed by atoms with van der Waals surface area (Å²) in [5.74, 6) is 1.09. The molecule has 7 nitrogen and oxygen atoms in total. The van der Waals surface area contributed by atoms with Gasteiger partial charge in [0, 0.05) is 11.8 Å². The van der Waals surface area contributed by atoms with E-state index in [-0.39, 0.29) is 11.9 Å². The van der Waals surface area contributed by atoms with Crippen molar-refractivity contribution in [2.75, 3.05) is 45.2 Å². The first kappa shape index (κ1) is 21.1. The summed E-state index contributed by atoms with van der Waals surface area (Å²) < 4.78 is 10.5. The van der Waals surface area contributed by atoms with E-state index in [0.717, 1.165) is 49.7 Å². The van der Waals surface area contributed by atoms with E-state index in [4.69, 9.17) is 9.15 Å². The van der Waals surface area contributed by atoms with Crippen molar-refractivity contribution in [2.45, 2.75) is 27.3 Å². The normalized spacial score (nSPS) is 19.0. The van der Waals surface area contributed by atoms with Gasteiger partial charge in [-0.2, -0.15) is 0 Å². The maximum atomic E-state index is 12.5. The van der Waals surface area contributed by atoms with Crippen LogP contribution in [0.15, 0.2) is 28.7 Å². The van der Waals surface area contributed by atoms with E-state index < -0.39 is 0 Å². The van der Waals surface area contributed by atoms with Crippen LogP contribution in [0.25, 0.3) is 0 Å². The Balaban J connectivity index is 1.47. The van der Waals surface area contributed by atoms with Crippen LogP contribution in [0.2, 0.25) is 0 Å². The van der Waals surface area contributed by atoms with E-state index >= 15 is 0 Å². The molecule has 0 aliphatic carbocycles. The zero-order valence-electron chi connectivity index (χ0n) is 17.7. The maximum absolute atomic E-state index is 12.5. The molecule has 1 aliphatic heterocycles. The number of amides is 1. The fraction of sp³-hybridized carbons (Fsp3) is 0.455. The molecule has 1 aliphatic rings. The number of piperazine rings is 1. The van der Waals surface area contributed by atoms with E-state index in [2.05, 4.69) is 5.32 Å². The van der Waals surface area contributed by atoms with Crippen LogP contribution in [-0.4, -0.2) is 51.7 Å². The summed E-state index contributed by atoms with van der Waals surface area (Å²) in [5.41, 5.74) is 3.68. The van der Waals surface area contributed by atoms with Crippen molar-refractivity contribution in [3.63, 3.8) is 0 Å². The van der Waals surface area contributed by atoms with Gasteiger partial charge in [0.25, 0.3) is 5.91 Å². The van der Waals surface area contributed by atoms with Gasteiger partial charge in [-0.15, -0.1) is 0 Å². The number of nitrogens with one attached hydrogen (secondary N) is 3. The Hall–Kier alpha value is -2.64. The molecule has 2 aromatic rings. The fourth-order valence-electron chi connectivity index (χ4n) is 3.81. The van der Waals surface area contributed by atoms with Crippen molar-refractivity contribution in [1.29, 1.82) is 0 Å². The number of rotatable bonds is 6. The van der Waals surface area contributed by atoms with Gasteiger partial charge in [0.2, 0.25) is 0 Å². The lowest BCUT2D eigenvalue weighted by atomic mass is 10.1. The van der Waals surface area contributed by atoms with E-state index in [1.54, 1.807) is 13.0 Å². The van der Waals surface area contributed by atoms with Gasteiger partial charge < -0.3 is 24.3 Å². The third-order valence-electron chi connectivity index (χ3n) is 5.75. The molecular formula is C22H31N3O4+2. The third kappa shape index (κ3) is 5.25. The molecule has 1 aromatic heterocycles. The second-order valence-electron chi connectivity index (χ2n) is 7.82. The molecule has 0 atom stereocenters. The van der Waals surface area contributed by atoms with Gasteiger partial charge >= 0.3 is 5.97 Å². The van der Waals surface area contributed by atoms with Crippen LogP contribution in [0.5, 0.6) is 0 Å². The summed E-state index contributed by atoms with van der Waals surface area (Å²) in [6, 6.07) is 7.75. The van der Waals surface area contributed by atoms with Gasteiger partial charge in [-0.05, 0) is 38.0 Å². The molecule has 1 saturated heterocycles. The zero-order valence-corrected chi connectivity index (χ0v) is 17.7. The lowest BCUT2D eigenvalue weighted by Gasteiger charge is -2.28. The van der Waals surface area contributed by atoms with Crippen LogP contribution in [0.1, 0.15) is 33.0 Å². The molecule has 0 spiro atoms. The number of ether oxygens (including phenoxy) is 1. The number of carbonyl (C=O) groups is 2. The molecule has 0 unspecified atom stereocenters. The van der Waals surface area contributed by atoms with Crippen LogP contribution >= 0.6 is 0 Å². The number of furan rings is 1. The molecule has 0 saturated carbocycles. The number of esters is 1. The average molecular weight is 402 g/mol. The smallest absolute Gasteiger partial charge is 0.341 e. The lowest BCUT2D eigenvalue weighted by Crippen LogP contribution is -3.28. The predicted molar refractivity (Wildman–Crippen MR) is 109 cm³/mol. The van der Waals surface area contributed by atoms with Crippen molar-refractivity contribution in [2.24, 2.45) is 0 Å². The molecule has 2 heterocycles. The molecule has 1 amide bonds. The number of hydrogen-bond acceptors (Lipinski definition) is 4. The summed E-state index contributed by atoms with van der Waals surface area (Å²) in [6.07, 6.45) is 0. The Kier molecular flexibility index (Phi) is 6.71. The van der Waals surface area contributed by atoms with Crippen molar-refractivity contribution in [3.05, 3.63) is 52.5 Å². The summed E-state index contributed by atoms with van der Waals surface area (Å²) in [4.78, 5) is 26.9. The van der Waals surface area contributed by atoms with E-state index in [1.165, 1.54) is 22.5 Å². The third-order valence-corrected chi connectivity index (χ3v) is 5.75. The second-order valence-corrected chi connectivity index (χ2v) is 7.82. The topological polar surface area (TPSA) is 77.4 Å². The standard InChI is InChI=1S/C22H29N3O4/c1-15-6-5-7-20(16(15)2)23-21(26)14-25-10-8-24(9-11-25)13-18-12-19(17(3)29-18)22(27)28-4/h5-7,12H,8-11,13-14H2,1-4H3,(H,23,26)/p+2. The molecule has 0 bridgehead atoms. The highest BCUT2D eigenvalue weighted by molar-refractivity contribution is 5.92. The Labute approximate surface area is 171 Å². The number of hydrogen-bond donors (Lipinski definition) is 3. The highest BCUT2D eigenvalue weighted by Crippen LogP contribution is 2.17. The van der Waals surface area contributed by atoms with Crippen molar-refractivity contribution in [1.82, 2.24) is 0 Å².